The van der Waals surface area contributed by atoms with Crippen LogP contribution in [0.4, 0.5) is 17.1 Å². The van der Waals surface area contributed by atoms with E-state index in [1.165, 1.54) is 5.56 Å². The molecule has 6 nitrogen and oxygen atoms in total. The van der Waals surface area contributed by atoms with E-state index >= 15 is 0 Å². The Morgan fingerprint density at radius 3 is 1.51 bits per heavy atom. The first-order valence-electron chi connectivity index (χ1n) is 18.9. The van der Waals surface area contributed by atoms with Gasteiger partial charge in [0, 0.05) is 50.3 Å². The van der Waals surface area contributed by atoms with Crippen LogP contribution in [0.2, 0.25) is 0 Å². The number of hydrogen-bond acceptors (Lipinski definition) is 6. The van der Waals surface area contributed by atoms with Crippen LogP contribution in [-0.2, 0) is 0 Å². The largest absolute Gasteiger partial charge is 0.456 e. The molecule has 0 saturated heterocycles. The lowest BCUT2D eigenvalue weighted by atomic mass is 10.0. The molecule has 57 heavy (non-hydrogen) atoms. The Hall–Kier alpha value is -7.83. The first-order chi connectivity index (χ1) is 28.2. The van der Waals surface area contributed by atoms with E-state index < -0.39 is 0 Å². The number of benzene rings is 8. The molecule has 0 spiro atoms. The fourth-order valence-corrected chi connectivity index (χ4v) is 7.78. The molecule has 0 aliphatic carbocycles. The van der Waals surface area contributed by atoms with E-state index in [1.54, 1.807) is 0 Å². The van der Waals surface area contributed by atoms with E-state index in [4.69, 9.17) is 23.8 Å². The van der Waals surface area contributed by atoms with Crippen molar-refractivity contribution in [2.75, 3.05) is 4.90 Å². The molecule has 0 aliphatic rings. The fourth-order valence-electron chi connectivity index (χ4n) is 7.78. The zero-order valence-corrected chi connectivity index (χ0v) is 30.6. The van der Waals surface area contributed by atoms with Gasteiger partial charge in [-0.3, -0.25) is 0 Å². The van der Waals surface area contributed by atoms with Gasteiger partial charge in [-0.15, -0.1) is 0 Å². The number of aromatic nitrogens is 3. The summed E-state index contributed by atoms with van der Waals surface area (Å²) in [5.41, 5.74) is 11.2. The summed E-state index contributed by atoms with van der Waals surface area (Å²) in [5.74, 6) is 1.80. The van der Waals surface area contributed by atoms with Crippen molar-refractivity contribution in [1.82, 2.24) is 15.0 Å². The first kappa shape index (κ1) is 32.6. The third-order valence-corrected chi connectivity index (χ3v) is 10.5. The second-order valence-corrected chi connectivity index (χ2v) is 14.0. The van der Waals surface area contributed by atoms with Crippen LogP contribution < -0.4 is 4.90 Å². The SMILES string of the molecule is c1ccc(-c2ccc(N(c3ccc4c(c3)oc3ccccc34)c3cccc4oc5cc(-c6nc(-c7ccccc7)nc(-c7ccccc7)n6)ccc5c34)cc2)cc1. The highest BCUT2D eigenvalue weighted by atomic mass is 16.3. The van der Waals surface area contributed by atoms with Gasteiger partial charge in [-0.05, 0) is 65.7 Å². The van der Waals surface area contributed by atoms with Gasteiger partial charge < -0.3 is 13.7 Å². The van der Waals surface area contributed by atoms with E-state index in [-0.39, 0.29) is 0 Å². The van der Waals surface area contributed by atoms with Gasteiger partial charge in [0.1, 0.15) is 22.3 Å². The standard InChI is InChI=1S/C51H32N4O2/c1-4-13-33(14-5-1)34-23-26-38(27-24-34)55(39-28-30-41-40-19-10-11-21-44(40)56-47(41)32-39)43-20-12-22-45-48(43)42-29-25-37(31-46(42)57-45)51-53-49(35-15-6-2-7-16-35)52-50(54-51)36-17-8-3-9-18-36/h1-32H. The van der Waals surface area contributed by atoms with Crippen molar-refractivity contribution in [2.24, 2.45) is 0 Å². The topological polar surface area (TPSA) is 68.2 Å². The van der Waals surface area contributed by atoms with Crippen molar-refractivity contribution in [3.05, 3.63) is 194 Å². The molecule has 0 bridgehead atoms. The molecule has 11 aromatic rings. The van der Waals surface area contributed by atoms with E-state index in [2.05, 4.69) is 102 Å². The summed E-state index contributed by atoms with van der Waals surface area (Å²) in [5, 5.41) is 4.17. The molecule has 268 valence electrons. The molecule has 11 rings (SSSR count). The van der Waals surface area contributed by atoms with E-state index in [0.717, 1.165) is 83.2 Å². The van der Waals surface area contributed by atoms with Crippen LogP contribution in [0, 0.1) is 0 Å². The number of rotatable bonds is 7. The number of fused-ring (bicyclic) bond motifs is 6. The highest BCUT2D eigenvalue weighted by Gasteiger charge is 2.22. The van der Waals surface area contributed by atoms with Crippen molar-refractivity contribution in [3.63, 3.8) is 0 Å². The summed E-state index contributed by atoms with van der Waals surface area (Å²) in [7, 11) is 0. The quantitative estimate of drug-likeness (QED) is 0.162. The number of hydrogen-bond donors (Lipinski definition) is 0. The third-order valence-electron chi connectivity index (χ3n) is 10.5. The molecule has 0 N–H and O–H groups in total. The summed E-state index contributed by atoms with van der Waals surface area (Å²) in [6.45, 7) is 0. The lowest BCUT2D eigenvalue weighted by molar-refractivity contribution is 0.669. The summed E-state index contributed by atoms with van der Waals surface area (Å²) < 4.78 is 13.1. The lowest BCUT2D eigenvalue weighted by Crippen LogP contribution is -2.10. The van der Waals surface area contributed by atoms with Crippen molar-refractivity contribution in [3.8, 4) is 45.3 Å². The Morgan fingerprint density at radius 2 is 0.807 bits per heavy atom. The second-order valence-electron chi connectivity index (χ2n) is 14.0. The fraction of sp³-hybridized carbons (Fsp3) is 0. The number of nitrogens with zero attached hydrogens (tertiary/aromatic N) is 4. The van der Waals surface area contributed by atoms with E-state index in [1.807, 2.05) is 97.1 Å². The molecule has 3 aromatic heterocycles. The van der Waals surface area contributed by atoms with Gasteiger partial charge in [-0.1, -0.05) is 133 Å². The molecule has 8 aromatic carbocycles. The van der Waals surface area contributed by atoms with Crippen molar-refractivity contribution < 1.29 is 8.83 Å². The maximum absolute atomic E-state index is 6.68. The minimum absolute atomic E-state index is 0.574. The molecule has 0 unspecified atom stereocenters. The van der Waals surface area contributed by atoms with E-state index in [0.29, 0.717) is 17.5 Å². The Kier molecular flexibility index (Phi) is 7.71. The molecule has 6 heteroatoms. The molecule has 3 heterocycles. The van der Waals surface area contributed by atoms with Crippen molar-refractivity contribution in [1.29, 1.82) is 0 Å². The molecule has 0 fully saturated rings. The van der Waals surface area contributed by atoms with Crippen LogP contribution in [0.1, 0.15) is 0 Å². The van der Waals surface area contributed by atoms with E-state index in [9.17, 15) is 0 Å². The molecule has 0 amide bonds. The average molecular weight is 733 g/mol. The number of anilines is 3. The van der Waals surface area contributed by atoms with Crippen LogP contribution in [0.25, 0.3) is 89.2 Å². The summed E-state index contributed by atoms with van der Waals surface area (Å²) in [6.07, 6.45) is 0. The van der Waals surface area contributed by atoms with Crippen LogP contribution in [0.5, 0.6) is 0 Å². The maximum Gasteiger partial charge on any atom is 0.164 e. The van der Waals surface area contributed by atoms with Gasteiger partial charge in [0.15, 0.2) is 17.5 Å². The molecule has 0 saturated carbocycles. The predicted molar refractivity (Wildman–Crippen MR) is 231 cm³/mol. The van der Waals surface area contributed by atoms with Gasteiger partial charge >= 0.3 is 0 Å². The molecular formula is C51H32N4O2. The predicted octanol–water partition coefficient (Wildman–Crippen LogP) is 13.8. The minimum Gasteiger partial charge on any atom is -0.456 e. The number of para-hydroxylation sites is 1. The van der Waals surface area contributed by atoms with Crippen LogP contribution in [0.15, 0.2) is 203 Å². The van der Waals surface area contributed by atoms with Gasteiger partial charge in [0.05, 0.1) is 11.1 Å². The van der Waals surface area contributed by atoms with Crippen molar-refractivity contribution >= 4 is 60.9 Å². The zero-order valence-electron chi connectivity index (χ0n) is 30.6. The zero-order chi connectivity index (χ0) is 37.7. The Bertz CT molecular complexity index is 3170. The van der Waals surface area contributed by atoms with Gasteiger partial charge in [0.25, 0.3) is 0 Å². The Labute approximate surface area is 328 Å². The van der Waals surface area contributed by atoms with Gasteiger partial charge in [-0.2, -0.15) is 0 Å². The molecule has 0 radical (unpaired) electrons. The monoisotopic (exact) mass is 732 g/mol. The highest BCUT2D eigenvalue weighted by molar-refractivity contribution is 6.14. The average Bonchev–Trinajstić information content (AvgIpc) is 3.85. The maximum atomic E-state index is 6.68. The van der Waals surface area contributed by atoms with Gasteiger partial charge in [-0.25, -0.2) is 15.0 Å². The summed E-state index contributed by atoms with van der Waals surface area (Å²) in [6, 6.07) is 66.3. The Morgan fingerprint density at radius 1 is 0.316 bits per heavy atom. The van der Waals surface area contributed by atoms with Crippen LogP contribution in [0.3, 0.4) is 0 Å². The van der Waals surface area contributed by atoms with Crippen LogP contribution >= 0.6 is 0 Å². The summed E-state index contributed by atoms with van der Waals surface area (Å²) >= 11 is 0. The highest BCUT2D eigenvalue weighted by Crippen LogP contribution is 2.45. The Balaban J connectivity index is 1.07. The van der Waals surface area contributed by atoms with Crippen molar-refractivity contribution in [2.45, 2.75) is 0 Å². The molecule has 0 aliphatic heterocycles. The second kappa shape index (κ2) is 13.5. The summed E-state index contributed by atoms with van der Waals surface area (Å²) in [4.78, 5) is 17.1. The smallest absolute Gasteiger partial charge is 0.164 e. The first-order valence-corrected chi connectivity index (χ1v) is 18.9. The lowest BCUT2D eigenvalue weighted by Gasteiger charge is -2.26. The molecule has 0 atom stereocenters. The third kappa shape index (κ3) is 5.79. The molecular weight excluding hydrogens is 701 g/mol. The van der Waals surface area contributed by atoms with Gasteiger partial charge in [0.2, 0.25) is 0 Å². The minimum atomic E-state index is 0.574. The normalized spacial score (nSPS) is 11.5. The van der Waals surface area contributed by atoms with Crippen LogP contribution in [-0.4, -0.2) is 15.0 Å². The number of furan rings is 2.